The van der Waals surface area contributed by atoms with E-state index in [0.29, 0.717) is 30.1 Å². The van der Waals surface area contributed by atoms with Gasteiger partial charge >= 0.3 is 0 Å². The molecule has 0 bridgehead atoms. The maximum Gasteiger partial charge on any atom is 0.226 e. The minimum Gasteiger partial charge on any atom is -0.477 e. The van der Waals surface area contributed by atoms with Crippen molar-refractivity contribution in [3.05, 3.63) is 64.8 Å². The van der Waals surface area contributed by atoms with Crippen LogP contribution in [0.3, 0.4) is 0 Å². The maximum absolute atomic E-state index is 14.4. The van der Waals surface area contributed by atoms with E-state index in [1.165, 1.54) is 12.5 Å². The molecule has 0 atom stereocenters. The first-order chi connectivity index (χ1) is 13.2. The quantitative estimate of drug-likeness (QED) is 0.480. The predicted octanol–water partition coefficient (Wildman–Crippen LogP) is 4.31. The Morgan fingerprint density at radius 1 is 1.07 bits per heavy atom. The number of hydrogen-bond acceptors (Lipinski definition) is 5. The van der Waals surface area contributed by atoms with E-state index in [2.05, 4.69) is 40.8 Å². The molecule has 0 radical (unpaired) electrons. The number of aromatic nitrogens is 5. The zero-order valence-electron chi connectivity index (χ0n) is 14.4. The summed E-state index contributed by atoms with van der Waals surface area (Å²) in [5.74, 6) is -0.0200. The SMILES string of the molecule is CCOc1ncnc2[nH]cc(Cc3cc(-c4ccc(Br)nc4)cnc3F)c12. The van der Waals surface area contributed by atoms with E-state index in [4.69, 9.17) is 4.74 Å². The van der Waals surface area contributed by atoms with E-state index in [9.17, 15) is 4.39 Å². The minimum absolute atomic E-state index is 0.337. The minimum atomic E-state index is -0.506. The van der Waals surface area contributed by atoms with Gasteiger partial charge in [-0.25, -0.2) is 19.9 Å². The molecule has 0 spiro atoms. The molecule has 0 aliphatic heterocycles. The summed E-state index contributed by atoms with van der Waals surface area (Å²) in [5, 5.41) is 0.759. The zero-order chi connectivity index (χ0) is 18.8. The number of nitrogens with zero attached hydrogens (tertiary/aromatic N) is 4. The summed E-state index contributed by atoms with van der Waals surface area (Å²) in [7, 11) is 0. The lowest BCUT2D eigenvalue weighted by atomic mass is 10.0. The number of nitrogens with one attached hydrogen (secondary N) is 1. The Labute approximate surface area is 163 Å². The third-order valence-corrected chi connectivity index (χ3v) is 4.62. The fraction of sp³-hybridized carbons (Fsp3) is 0.158. The van der Waals surface area contributed by atoms with E-state index in [0.717, 1.165) is 26.7 Å². The molecule has 4 aromatic heterocycles. The van der Waals surface area contributed by atoms with Crippen LogP contribution in [-0.2, 0) is 6.42 Å². The molecule has 0 aromatic carbocycles. The molecule has 0 aliphatic carbocycles. The Kier molecular flexibility index (Phi) is 4.81. The highest BCUT2D eigenvalue weighted by Crippen LogP contribution is 2.29. The van der Waals surface area contributed by atoms with Crippen molar-refractivity contribution in [3.8, 4) is 17.0 Å². The van der Waals surface area contributed by atoms with E-state index >= 15 is 0 Å². The monoisotopic (exact) mass is 427 g/mol. The highest BCUT2D eigenvalue weighted by atomic mass is 79.9. The molecule has 27 heavy (non-hydrogen) atoms. The van der Waals surface area contributed by atoms with Gasteiger partial charge in [0.2, 0.25) is 11.8 Å². The van der Waals surface area contributed by atoms with Crippen LogP contribution in [0, 0.1) is 5.95 Å². The highest BCUT2D eigenvalue weighted by Gasteiger charge is 2.15. The van der Waals surface area contributed by atoms with Crippen LogP contribution >= 0.6 is 15.9 Å². The molecule has 0 amide bonds. The molecule has 4 rings (SSSR count). The molecule has 0 unspecified atom stereocenters. The lowest BCUT2D eigenvalue weighted by Gasteiger charge is -2.08. The molecule has 8 heteroatoms. The summed E-state index contributed by atoms with van der Waals surface area (Å²) >= 11 is 3.31. The van der Waals surface area contributed by atoms with Crippen LogP contribution in [0.2, 0.25) is 0 Å². The average Bonchev–Trinajstić information content (AvgIpc) is 3.08. The van der Waals surface area contributed by atoms with Gasteiger partial charge in [0.05, 0.1) is 12.0 Å². The number of pyridine rings is 2. The van der Waals surface area contributed by atoms with Crippen LogP contribution in [0.1, 0.15) is 18.1 Å². The molecule has 4 heterocycles. The van der Waals surface area contributed by atoms with Gasteiger partial charge in [0.25, 0.3) is 0 Å². The standard InChI is InChI=1S/C19H15BrFN5O/c1-2-27-19-16-14(9-24-18(16)25-10-26-19)6-12-5-13(8-23-17(12)21)11-3-4-15(20)22-7-11/h3-5,7-10H,2,6H2,1H3,(H,24,25,26). The Bertz CT molecular complexity index is 1100. The van der Waals surface area contributed by atoms with Crippen LogP contribution in [0.5, 0.6) is 5.88 Å². The second-order valence-corrected chi connectivity index (χ2v) is 6.68. The first-order valence-electron chi connectivity index (χ1n) is 8.35. The summed E-state index contributed by atoms with van der Waals surface area (Å²) in [6.45, 7) is 2.37. The zero-order valence-corrected chi connectivity index (χ0v) is 16.0. The Morgan fingerprint density at radius 3 is 2.70 bits per heavy atom. The van der Waals surface area contributed by atoms with Gasteiger partial charge in [0.15, 0.2) is 0 Å². The highest BCUT2D eigenvalue weighted by molar-refractivity contribution is 9.10. The number of fused-ring (bicyclic) bond motifs is 1. The summed E-state index contributed by atoms with van der Waals surface area (Å²) < 4.78 is 20.7. The number of hydrogen-bond donors (Lipinski definition) is 1. The third kappa shape index (κ3) is 3.52. The summed E-state index contributed by atoms with van der Waals surface area (Å²) in [5.41, 5.74) is 3.64. The van der Waals surface area contributed by atoms with E-state index in [1.807, 2.05) is 19.1 Å². The maximum atomic E-state index is 14.4. The topological polar surface area (TPSA) is 76.6 Å². The van der Waals surface area contributed by atoms with E-state index < -0.39 is 5.95 Å². The van der Waals surface area contributed by atoms with Gasteiger partial charge in [-0.15, -0.1) is 0 Å². The van der Waals surface area contributed by atoms with Crippen molar-refractivity contribution in [1.29, 1.82) is 0 Å². The Morgan fingerprint density at radius 2 is 1.93 bits per heavy atom. The average molecular weight is 428 g/mol. The Balaban J connectivity index is 1.73. The largest absolute Gasteiger partial charge is 0.477 e. The van der Waals surface area contributed by atoms with Gasteiger partial charge < -0.3 is 9.72 Å². The van der Waals surface area contributed by atoms with Crippen molar-refractivity contribution in [1.82, 2.24) is 24.9 Å². The second kappa shape index (κ2) is 7.40. The molecule has 136 valence electrons. The molecular weight excluding hydrogens is 413 g/mol. The molecule has 0 saturated carbocycles. The van der Waals surface area contributed by atoms with Gasteiger partial charge in [-0.1, -0.05) is 6.07 Å². The van der Waals surface area contributed by atoms with Crippen LogP contribution in [0.15, 0.2) is 47.7 Å². The van der Waals surface area contributed by atoms with Crippen molar-refractivity contribution < 1.29 is 9.13 Å². The number of rotatable bonds is 5. The summed E-state index contributed by atoms with van der Waals surface area (Å²) in [6.07, 6.45) is 6.80. The first kappa shape index (κ1) is 17.5. The fourth-order valence-electron chi connectivity index (χ4n) is 2.91. The lowest BCUT2D eigenvalue weighted by Crippen LogP contribution is -1.99. The van der Waals surface area contributed by atoms with Crippen LogP contribution in [0.4, 0.5) is 4.39 Å². The van der Waals surface area contributed by atoms with Crippen molar-refractivity contribution in [2.75, 3.05) is 6.61 Å². The normalized spacial score (nSPS) is 11.1. The van der Waals surface area contributed by atoms with Crippen molar-refractivity contribution in [2.45, 2.75) is 13.3 Å². The number of H-pyrrole nitrogens is 1. The van der Waals surface area contributed by atoms with Gasteiger partial charge in [0.1, 0.15) is 16.6 Å². The predicted molar refractivity (Wildman–Crippen MR) is 103 cm³/mol. The molecule has 4 aromatic rings. The van der Waals surface area contributed by atoms with Crippen LogP contribution < -0.4 is 4.74 Å². The van der Waals surface area contributed by atoms with Gasteiger partial charge in [-0.3, -0.25) is 0 Å². The van der Waals surface area contributed by atoms with Crippen molar-refractivity contribution in [3.63, 3.8) is 0 Å². The van der Waals surface area contributed by atoms with Gasteiger partial charge in [-0.2, -0.15) is 4.39 Å². The molecular formula is C19H15BrFN5O. The van der Waals surface area contributed by atoms with E-state index in [1.54, 1.807) is 18.5 Å². The van der Waals surface area contributed by atoms with Crippen LogP contribution in [0.25, 0.3) is 22.2 Å². The number of aromatic amines is 1. The second-order valence-electron chi connectivity index (χ2n) is 5.87. The Hall–Kier alpha value is -2.87. The van der Waals surface area contributed by atoms with Crippen molar-refractivity contribution in [2.24, 2.45) is 0 Å². The van der Waals surface area contributed by atoms with Gasteiger partial charge in [-0.05, 0) is 40.5 Å². The molecule has 6 nitrogen and oxygen atoms in total. The van der Waals surface area contributed by atoms with Crippen LogP contribution in [-0.4, -0.2) is 31.5 Å². The van der Waals surface area contributed by atoms with Crippen molar-refractivity contribution >= 4 is 27.0 Å². The lowest BCUT2D eigenvalue weighted by molar-refractivity contribution is 0.330. The molecule has 0 saturated heterocycles. The smallest absolute Gasteiger partial charge is 0.226 e. The summed E-state index contributed by atoms with van der Waals surface area (Å²) in [4.78, 5) is 19.6. The fourth-order valence-corrected chi connectivity index (χ4v) is 3.14. The molecule has 0 aliphatic rings. The number of halogens is 2. The molecule has 1 N–H and O–H groups in total. The van der Waals surface area contributed by atoms with Gasteiger partial charge in [0, 0.05) is 41.7 Å². The summed E-state index contributed by atoms with van der Waals surface area (Å²) in [6, 6.07) is 5.53. The number of ether oxygens (including phenoxy) is 1. The molecule has 0 fully saturated rings. The third-order valence-electron chi connectivity index (χ3n) is 4.15. The first-order valence-corrected chi connectivity index (χ1v) is 9.15. The van der Waals surface area contributed by atoms with E-state index in [-0.39, 0.29) is 0 Å².